The molecule has 0 radical (unpaired) electrons. The molecule has 3 rings (SSSR count). The lowest BCUT2D eigenvalue weighted by Gasteiger charge is -2.38. The summed E-state index contributed by atoms with van der Waals surface area (Å²) in [5.74, 6) is -3.77. The number of dihydropyridines is 1. The van der Waals surface area contributed by atoms with Gasteiger partial charge in [0.05, 0.1) is 33.0 Å². The number of rotatable bonds is 7. The van der Waals surface area contributed by atoms with Crippen molar-refractivity contribution in [2.24, 2.45) is 11.8 Å². The van der Waals surface area contributed by atoms with Crippen LogP contribution in [0, 0.1) is 11.8 Å². The average Bonchev–Trinajstić information content (AvgIpc) is 2.82. The van der Waals surface area contributed by atoms with Gasteiger partial charge in [-0.3, -0.25) is 9.59 Å². The van der Waals surface area contributed by atoms with E-state index in [-0.39, 0.29) is 40.4 Å². The van der Waals surface area contributed by atoms with Crippen LogP contribution in [0.3, 0.4) is 0 Å². The van der Waals surface area contributed by atoms with E-state index < -0.39 is 29.6 Å². The molecule has 0 bridgehead atoms. The van der Waals surface area contributed by atoms with Crippen molar-refractivity contribution in [1.29, 1.82) is 0 Å². The SMILES string of the molecule is CC[C@@H](C)OC(=O)C1=C(C)NC2=C(C(=O)[C@H](C(=O)OC)[C@H](C)C2)[C@H]1c1cc(OC)c(O)c(OC)c1. The second-order valence-electron chi connectivity index (χ2n) is 8.93. The molecule has 1 aromatic carbocycles. The molecule has 0 spiro atoms. The van der Waals surface area contributed by atoms with Crippen molar-refractivity contribution >= 4 is 17.7 Å². The highest BCUT2D eigenvalue weighted by Crippen LogP contribution is 2.48. The first kappa shape index (κ1) is 26.1. The van der Waals surface area contributed by atoms with Gasteiger partial charge in [-0.25, -0.2) is 4.79 Å². The summed E-state index contributed by atoms with van der Waals surface area (Å²) in [6.07, 6.45) is 0.688. The van der Waals surface area contributed by atoms with Crippen molar-refractivity contribution in [3.05, 3.63) is 40.2 Å². The Morgan fingerprint density at radius 2 is 1.77 bits per heavy atom. The minimum absolute atomic E-state index is 0.119. The Morgan fingerprint density at radius 1 is 1.17 bits per heavy atom. The van der Waals surface area contributed by atoms with Gasteiger partial charge in [-0.05, 0) is 50.3 Å². The van der Waals surface area contributed by atoms with Gasteiger partial charge in [0.1, 0.15) is 5.92 Å². The lowest BCUT2D eigenvalue weighted by Crippen LogP contribution is -2.43. The van der Waals surface area contributed by atoms with Crippen LogP contribution in [0.2, 0.25) is 0 Å². The zero-order valence-corrected chi connectivity index (χ0v) is 21.2. The molecule has 0 unspecified atom stereocenters. The maximum absolute atomic E-state index is 13.8. The fraction of sp³-hybridized carbons (Fsp3) is 0.500. The van der Waals surface area contributed by atoms with E-state index >= 15 is 0 Å². The number of ketones is 1. The van der Waals surface area contributed by atoms with Crippen molar-refractivity contribution in [3.8, 4) is 17.2 Å². The topological polar surface area (TPSA) is 120 Å². The van der Waals surface area contributed by atoms with Gasteiger partial charge in [-0.15, -0.1) is 0 Å². The van der Waals surface area contributed by atoms with Crippen molar-refractivity contribution < 1.29 is 38.4 Å². The average molecular weight is 488 g/mol. The molecule has 0 saturated carbocycles. The van der Waals surface area contributed by atoms with E-state index in [2.05, 4.69) is 5.32 Å². The largest absolute Gasteiger partial charge is 0.502 e. The molecule has 0 fully saturated rings. The molecule has 2 N–H and O–H groups in total. The van der Waals surface area contributed by atoms with Crippen molar-refractivity contribution in [2.75, 3.05) is 21.3 Å². The van der Waals surface area contributed by atoms with E-state index in [1.54, 1.807) is 26.0 Å². The summed E-state index contributed by atoms with van der Waals surface area (Å²) in [5.41, 5.74) is 2.19. The third kappa shape index (κ3) is 4.72. The van der Waals surface area contributed by atoms with E-state index in [4.69, 9.17) is 18.9 Å². The van der Waals surface area contributed by atoms with E-state index in [1.807, 2.05) is 13.8 Å². The molecular weight excluding hydrogens is 454 g/mol. The number of nitrogens with one attached hydrogen (secondary N) is 1. The van der Waals surface area contributed by atoms with Crippen LogP contribution >= 0.6 is 0 Å². The number of carbonyl (C=O) groups is 3. The maximum atomic E-state index is 13.8. The number of carbonyl (C=O) groups excluding carboxylic acids is 3. The second kappa shape index (κ2) is 10.4. The van der Waals surface area contributed by atoms with Crippen LogP contribution in [0.25, 0.3) is 0 Å². The molecule has 1 aliphatic heterocycles. The summed E-state index contributed by atoms with van der Waals surface area (Å²) in [5, 5.41) is 13.7. The number of allylic oxidation sites excluding steroid dienone is 3. The first-order chi connectivity index (χ1) is 16.6. The molecule has 9 heteroatoms. The number of ether oxygens (including phenoxy) is 4. The number of Topliss-reactive ketones (excluding diaryl/α,β-unsaturated/α-hetero) is 1. The predicted molar refractivity (Wildman–Crippen MR) is 127 cm³/mol. The Bertz CT molecular complexity index is 1080. The van der Waals surface area contributed by atoms with Crippen LogP contribution in [-0.4, -0.2) is 50.3 Å². The second-order valence-corrected chi connectivity index (χ2v) is 8.93. The molecule has 1 heterocycles. The Morgan fingerprint density at radius 3 is 2.29 bits per heavy atom. The van der Waals surface area contributed by atoms with Gasteiger partial charge in [-0.1, -0.05) is 13.8 Å². The highest BCUT2D eigenvalue weighted by Gasteiger charge is 2.47. The Labute approximate surface area is 205 Å². The zero-order valence-electron chi connectivity index (χ0n) is 21.2. The van der Waals surface area contributed by atoms with Gasteiger partial charge in [0.2, 0.25) is 5.75 Å². The molecule has 0 amide bonds. The number of phenolic OH excluding ortho intramolecular Hbond substituents is 1. The van der Waals surface area contributed by atoms with E-state index in [1.165, 1.54) is 21.3 Å². The van der Waals surface area contributed by atoms with Crippen molar-refractivity contribution in [1.82, 2.24) is 5.32 Å². The molecule has 190 valence electrons. The number of esters is 2. The van der Waals surface area contributed by atoms with Gasteiger partial charge in [0.25, 0.3) is 0 Å². The summed E-state index contributed by atoms with van der Waals surface area (Å²) in [6.45, 7) is 7.26. The van der Waals surface area contributed by atoms with Gasteiger partial charge in [0, 0.05) is 22.9 Å². The molecule has 0 saturated heterocycles. The van der Waals surface area contributed by atoms with Crippen LogP contribution in [0.1, 0.15) is 52.0 Å². The van der Waals surface area contributed by atoms with Crippen LogP contribution < -0.4 is 14.8 Å². The number of aromatic hydroxyl groups is 1. The lowest BCUT2D eigenvalue weighted by atomic mass is 9.69. The molecule has 2 aliphatic rings. The Kier molecular flexibility index (Phi) is 7.77. The van der Waals surface area contributed by atoms with Gasteiger partial charge in [0.15, 0.2) is 17.3 Å². The highest BCUT2D eigenvalue weighted by atomic mass is 16.5. The van der Waals surface area contributed by atoms with Crippen LogP contribution in [-0.2, 0) is 23.9 Å². The monoisotopic (exact) mass is 487 g/mol. The third-order valence-electron chi connectivity index (χ3n) is 6.68. The fourth-order valence-electron chi connectivity index (χ4n) is 4.69. The first-order valence-electron chi connectivity index (χ1n) is 11.6. The van der Waals surface area contributed by atoms with Gasteiger partial charge in [-0.2, -0.15) is 0 Å². The zero-order chi connectivity index (χ0) is 26.0. The van der Waals surface area contributed by atoms with E-state index in [0.29, 0.717) is 29.8 Å². The summed E-state index contributed by atoms with van der Waals surface area (Å²) < 4.78 is 21.2. The third-order valence-corrected chi connectivity index (χ3v) is 6.68. The van der Waals surface area contributed by atoms with Gasteiger partial charge >= 0.3 is 11.9 Å². The highest BCUT2D eigenvalue weighted by molar-refractivity contribution is 6.12. The minimum atomic E-state index is -1.01. The summed E-state index contributed by atoms with van der Waals surface area (Å²) in [7, 11) is 4.04. The van der Waals surface area contributed by atoms with Crippen LogP contribution in [0.4, 0.5) is 0 Å². The molecule has 1 aliphatic carbocycles. The van der Waals surface area contributed by atoms with Crippen LogP contribution in [0.5, 0.6) is 17.2 Å². The predicted octanol–water partition coefficient (Wildman–Crippen LogP) is 3.36. The number of methoxy groups -OCH3 is 3. The summed E-state index contributed by atoms with van der Waals surface area (Å²) in [6, 6.07) is 3.11. The number of phenols is 1. The lowest BCUT2D eigenvalue weighted by molar-refractivity contribution is -0.151. The normalized spacial score (nSPS) is 22.7. The molecule has 0 aromatic heterocycles. The molecule has 9 nitrogen and oxygen atoms in total. The molecule has 35 heavy (non-hydrogen) atoms. The van der Waals surface area contributed by atoms with E-state index in [9.17, 15) is 19.5 Å². The molecular formula is C26H33NO8. The molecule has 1 aromatic rings. The summed E-state index contributed by atoms with van der Waals surface area (Å²) >= 11 is 0. The molecule has 4 atom stereocenters. The van der Waals surface area contributed by atoms with Crippen LogP contribution in [0.15, 0.2) is 34.7 Å². The first-order valence-corrected chi connectivity index (χ1v) is 11.6. The number of hydrogen-bond donors (Lipinski definition) is 2. The van der Waals surface area contributed by atoms with Gasteiger partial charge < -0.3 is 29.4 Å². The fourth-order valence-corrected chi connectivity index (χ4v) is 4.69. The number of hydrogen-bond acceptors (Lipinski definition) is 9. The smallest absolute Gasteiger partial charge is 0.337 e. The Balaban J connectivity index is 2.27. The number of benzene rings is 1. The van der Waals surface area contributed by atoms with Crippen molar-refractivity contribution in [3.63, 3.8) is 0 Å². The Hall–Kier alpha value is -3.49. The quantitative estimate of drug-likeness (QED) is 0.440. The maximum Gasteiger partial charge on any atom is 0.337 e. The van der Waals surface area contributed by atoms with E-state index in [0.717, 1.165) is 0 Å². The standard InChI is InChI=1S/C26H33NO8/c1-8-13(3)35-26(31)20-14(4)27-16-9-12(2)19(25(30)34-7)24(29)22(16)21(20)15-10-17(32-5)23(28)18(11-15)33-6/h10-13,19,21,27-28H,8-9H2,1-7H3/t12-,13-,19-,21+/m1/s1. The minimum Gasteiger partial charge on any atom is -0.502 e. The summed E-state index contributed by atoms with van der Waals surface area (Å²) in [4.78, 5) is 39.7. The van der Waals surface area contributed by atoms with Crippen molar-refractivity contribution in [2.45, 2.75) is 52.6 Å².